The topological polar surface area (TPSA) is 97.8 Å². The Bertz CT molecular complexity index is 1050. The lowest BCUT2D eigenvalue weighted by molar-refractivity contribution is -0.146. The van der Waals surface area contributed by atoms with Crippen LogP contribution in [0.2, 0.25) is 0 Å². The highest BCUT2D eigenvalue weighted by Crippen LogP contribution is 2.60. The third kappa shape index (κ3) is 2.99. The monoisotopic (exact) mass is 398 g/mol. The van der Waals surface area contributed by atoms with Crippen molar-refractivity contribution in [2.75, 3.05) is 11.9 Å². The van der Waals surface area contributed by atoms with Gasteiger partial charge in [0, 0.05) is 35.6 Å². The van der Waals surface area contributed by atoms with Gasteiger partial charge in [-0.15, -0.1) is 0 Å². The molecule has 3 heterocycles. The van der Waals surface area contributed by atoms with Gasteiger partial charge in [-0.3, -0.25) is 9.59 Å². The molecular weight excluding hydrogens is 379 g/mol. The number of nitrogens with one attached hydrogen (secondary N) is 1. The van der Waals surface area contributed by atoms with Crippen molar-refractivity contribution in [2.24, 2.45) is 5.92 Å². The third-order valence-corrected chi connectivity index (χ3v) is 5.71. The van der Waals surface area contributed by atoms with Crippen LogP contribution in [-0.2, 0) is 27.2 Å². The number of halogens is 1. The molecule has 1 fully saturated rings. The lowest BCUT2D eigenvalue weighted by Crippen LogP contribution is -2.22. The van der Waals surface area contributed by atoms with Gasteiger partial charge in [0.2, 0.25) is 5.91 Å². The number of phenolic OH excluding ortho intramolecular Hbond substituents is 1. The zero-order valence-electron chi connectivity index (χ0n) is 15.7. The number of nitrogens with zero attached hydrogens (tertiary/aromatic N) is 1. The molecule has 1 saturated carbocycles. The first-order valence-electron chi connectivity index (χ1n) is 9.57. The van der Waals surface area contributed by atoms with Gasteiger partial charge in [0.05, 0.1) is 6.61 Å². The number of pyridine rings is 1. The molecule has 150 valence electrons. The molecule has 2 aliphatic heterocycles. The Morgan fingerprint density at radius 2 is 2.21 bits per heavy atom. The number of aromatic nitrogens is 1. The van der Waals surface area contributed by atoms with Crippen LogP contribution in [0.25, 0.3) is 0 Å². The lowest BCUT2D eigenvalue weighted by atomic mass is 10.0. The van der Waals surface area contributed by atoms with Crippen LogP contribution >= 0.6 is 0 Å². The van der Waals surface area contributed by atoms with Crippen molar-refractivity contribution in [3.05, 3.63) is 46.4 Å². The highest BCUT2D eigenvalue weighted by molar-refractivity contribution is 5.92. The molecule has 2 aromatic rings. The normalized spacial score (nSPS) is 23.4. The molecule has 3 aliphatic rings. The fourth-order valence-electron chi connectivity index (χ4n) is 4.25. The van der Waals surface area contributed by atoms with Crippen molar-refractivity contribution < 1.29 is 28.6 Å². The molecule has 29 heavy (non-hydrogen) atoms. The van der Waals surface area contributed by atoms with E-state index in [4.69, 9.17) is 9.47 Å². The van der Waals surface area contributed by atoms with Gasteiger partial charge in [-0.25, -0.2) is 9.37 Å². The van der Waals surface area contributed by atoms with Gasteiger partial charge in [-0.05, 0) is 37.1 Å². The van der Waals surface area contributed by atoms with Gasteiger partial charge in [0.1, 0.15) is 35.2 Å². The summed E-state index contributed by atoms with van der Waals surface area (Å²) in [6, 6.07) is 4.58. The first-order valence-corrected chi connectivity index (χ1v) is 9.57. The third-order valence-electron chi connectivity index (χ3n) is 5.71. The molecule has 0 spiro atoms. The number of anilines is 1. The summed E-state index contributed by atoms with van der Waals surface area (Å²) in [5.41, 5.74) is 2.50. The maximum absolute atomic E-state index is 14.2. The van der Waals surface area contributed by atoms with Crippen LogP contribution in [0.5, 0.6) is 11.5 Å². The quantitative estimate of drug-likeness (QED) is 0.768. The van der Waals surface area contributed by atoms with Crippen molar-refractivity contribution in [1.82, 2.24) is 4.98 Å². The Balaban J connectivity index is 1.21. The summed E-state index contributed by atoms with van der Waals surface area (Å²) in [6.07, 6.45) is 0.559. The van der Waals surface area contributed by atoms with E-state index in [1.165, 1.54) is 6.07 Å². The van der Waals surface area contributed by atoms with E-state index in [1.807, 2.05) is 6.92 Å². The molecule has 3 atom stereocenters. The van der Waals surface area contributed by atoms with Gasteiger partial charge < -0.3 is 19.9 Å². The largest absolute Gasteiger partial charge is 0.508 e. The zero-order valence-corrected chi connectivity index (χ0v) is 15.7. The fraction of sp³-hybridized carbons (Fsp3) is 0.381. The van der Waals surface area contributed by atoms with Crippen molar-refractivity contribution in [3.63, 3.8) is 0 Å². The van der Waals surface area contributed by atoms with E-state index in [0.29, 0.717) is 17.7 Å². The molecule has 7 nitrogen and oxygen atoms in total. The molecule has 8 heteroatoms. The van der Waals surface area contributed by atoms with Crippen LogP contribution in [-0.4, -0.2) is 34.7 Å². The van der Waals surface area contributed by atoms with Gasteiger partial charge in [0.15, 0.2) is 0 Å². The summed E-state index contributed by atoms with van der Waals surface area (Å²) in [5, 5.41) is 12.4. The molecule has 1 amide bonds. The Morgan fingerprint density at radius 3 is 3.03 bits per heavy atom. The fourth-order valence-corrected chi connectivity index (χ4v) is 4.25. The number of amides is 1. The van der Waals surface area contributed by atoms with Gasteiger partial charge in [-0.1, -0.05) is 0 Å². The van der Waals surface area contributed by atoms with Gasteiger partial charge >= 0.3 is 5.97 Å². The molecule has 5 rings (SSSR count). The van der Waals surface area contributed by atoms with E-state index < -0.39 is 11.7 Å². The van der Waals surface area contributed by atoms with Crippen molar-refractivity contribution >= 4 is 17.7 Å². The second-order valence-corrected chi connectivity index (χ2v) is 7.70. The Morgan fingerprint density at radius 1 is 1.38 bits per heavy atom. The number of aromatic hydroxyl groups is 1. The molecule has 3 unspecified atom stereocenters. The highest BCUT2D eigenvalue weighted by Gasteiger charge is 2.63. The van der Waals surface area contributed by atoms with E-state index in [0.717, 1.165) is 16.9 Å². The van der Waals surface area contributed by atoms with Crippen molar-refractivity contribution in [2.45, 2.75) is 38.2 Å². The minimum atomic E-state index is -0.409. The Hall–Kier alpha value is -3.16. The van der Waals surface area contributed by atoms with Crippen LogP contribution in [0, 0.1) is 18.7 Å². The predicted molar refractivity (Wildman–Crippen MR) is 99.3 cm³/mol. The number of phenols is 1. The minimum absolute atomic E-state index is 0.0554. The van der Waals surface area contributed by atoms with E-state index >= 15 is 0 Å². The standard InChI is InChI=1S/C21H19FN2O5/c1-9-6-11(25)8-13-16-17(19(16)29-18(9)13)21(27)28-5-4-10-7-14(22)12-2-3-15(26)24-20(12)23-10/h6-8,16-17,19,25H,2-5H2,1H3,(H,23,24,26). The maximum atomic E-state index is 14.2. The number of hydrogen-bond donors (Lipinski definition) is 2. The van der Waals surface area contributed by atoms with E-state index in [-0.39, 0.29) is 54.9 Å². The average Bonchev–Trinajstić information content (AvgIpc) is 3.25. The van der Waals surface area contributed by atoms with Crippen molar-refractivity contribution in [3.8, 4) is 11.5 Å². The number of ether oxygens (including phenoxy) is 2. The highest BCUT2D eigenvalue weighted by atomic mass is 19.1. The maximum Gasteiger partial charge on any atom is 0.313 e. The molecule has 1 aromatic heterocycles. The second-order valence-electron chi connectivity index (χ2n) is 7.70. The zero-order chi connectivity index (χ0) is 20.3. The predicted octanol–water partition coefficient (Wildman–Crippen LogP) is 2.38. The van der Waals surface area contributed by atoms with E-state index in [1.54, 1.807) is 12.1 Å². The number of aryl methyl sites for hydroxylation is 1. The molecule has 0 saturated heterocycles. The van der Waals surface area contributed by atoms with Crippen LogP contribution < -0.4 is 10.1 Å². The summed E-state index contributed by atoms with van der Waals surface area (Å²) in [4.78, 5) is 28.2. The average molecular weight is 398 g/mol. The van der Waals surface area contributed by atoms with Crippen LogP contribution in [0.1, 0.15) is 34.7 Å². The van der Waals surface area contributed by atoms with Crippen molar-refractivity contribution in [1.29, 1.82) is 0 Å². The summed E-state index contributed by atoms with van der Waals surface area (Å²) in [6.45, 7) is 1.91. The van der Waals surface area contributed by atoms with Gasteiger partial charge in [0.25, 0.3) is 0 Å². The number of fused-ring (bicyclic) bond motifs is 4. The Kier molecular flexibility index (Phi) is 3.97. The Labute approximate surface area is 165 Å². The first kappa shape index (κ1) is 17.9. The molecule has 0 radical (unpaired) electrons. The van der Waals surface area contributed by atoms with Crippen LogP contribution in [0.15, 0.2) is 18.2 Å². The summed E-state index contributed by atoms with van der Waals surface area (Å²) in [7, 11) is 0. The molecule has 2 N–H and O–H groups in total. The SMILES string of the molecule is Cc1cc(O)cc2c1OC1C(C(=O)OCCc3cc(F)c4c(n3)NC(=O)CC4)C21. The van der Waals surface area contributed by atoms with Crippen LogP contribution in [0.4, 0.5) is 10.2 Å². The minimum Gasteiger partial charge on any atom is -0.508 e. The number of carbonyl (C=O) groups is 2. The van der Waals surface area contributed by atoms with E-state index in [2.05, 4.69) is 10.3 Å². The molecular formula is C21H19FN2O5. The van der Waals surface area contributed by atoms with E-state index in [9.17, 15) is 19.1 Å². The van der Waals surface area contributed by atoms with Gasteiger partial charge in [-0.2, -0.15) is 0 Å². The second kappa shape index (κ2) is 6.43. The summed E-state index contributed by atoms with van der Waals surface area (Å²) < 4.78 is 25.4. The summed E-state index contributed by atoms with van der Waals surface area (Å²) >= 11 is 0. The molecule has 0 bridgehead atoms. The number of rotatable bonds is 4. The van der Waals surface area contributed by atoms with Crippen LogP contribution in [0.3, 0.4) is 0 Å². The molecule has 1 aliphatic carbocycles. The number of carbonyl (C=O) groups excluding carboxylic acids is 2. The smallest absolute Gasteiger partial charge is 0.313 e. The number of esters is 1. The summed E-state index contributed by atoms with van der Waals surface area (Å²) in [5.74, 6) is -0.329. The lowest BCUT2D eigenvalue weighted by Gasteiger charge is -2.17. The number of benzene rings is 1. The molecule has 1 aromatic carbocycles. The number of hydrogen-bond acceptors (Lipinski definition) is 6. The first-order chi connectivity index (χ1) is 13.9.